The molecule has 2 unspecified atom stereocenters. The molecule has 0 aliphatic carbocycles. The number of isocyanates is 4. The average molecular weight is 394 g/mol. The van der Waals surface area contributed by atoms with Crippen LogP contribution < -0.4 is 0 Å². The summed E-state index contributed by atoms with van der Waals surface area (Å²) in [7, 11) is 0. The van der Waals surface area contributed by atoms with Gasteiger partial charge in [0.05, 0.1) is 13.1 Å². The van der Waals surface area contributed by atoms with Crippen molar-refractivity contribution in [2.45, 2.75) is 37.8 Å². The maximum atomic E-state index is 11.8. The van der Waals surface area contributed by atoms with Gasteiger partial charge in [-0.25, -0.2) is 38.8 Å². The minimum absolute atomic E-state index is 0.110. The van der Waals surface area contributed by atoms with Crippen molar-refractivity contribution in [1.29, 1.82) is 0 Å². The SMILES string of the molecule is O=C=NCCCC(N=C=O)C(=O)OCCOC(=O)C(CCCN=C=O)N=C=O. The lowest BCUT2D eigenvalue weighted by atomic mass is 10.1. The molecule has 150 valence electrons. The van der Waals surface area contributed by atoms with Crippen LogP contribution >= 0.6 is 0 Å². The van der Waals surface area contributed by atoms with Gasteiger partial charge in [0.2, 0.25) is 24.3 Å². The Balaban J connectivity index is 4.35. The first kappa shape index (κ1) is 24.5. The highest BCUT2D eigenvalue weighted by Crippen LogP contribution is 2.06. The van der Waals surface area contributed by atoms with E-state index in [1.165, 1.54) is 24.3 Å². The molecule has 0 bridgehead atoms. The number of carbonyl (C=O) groups excluding carboxylic acids is 6. The molecule has 0 amide bonds. The molecule has 12 heteroatoms. The van der Waals surface area contributed by atoms with Crippen molar-refractivity contribution in [3.8, 4) is 0 Å². The van der Waals surface area contributed by atoms with Gasteiger partial charge < -0.3 is 9.47 Å². The number of aliphatic imine (C=N–C) groups is 4. The van der Waals surface area contributed by atoms with Gasteiger partial charge in [-0.15, -0.1) is 0 Å². The van der Waals surface area contributed by atoms with Crippen LogP contribution in [0.3, 0.4) is 0 Å². The Bertz CT molecular complexity index is 639. The number of rotatable bonds is 15. The van der Waals surface area contributed by atoms with Crippen LogP contribution in [0.1, 0.15) is 25.7 Å². The van der Waals surface area contributed by atoms with Gasteiger partial charge in [-0.2, -0.15) is 9.98 Å². The molecule has 12 nitrogen and oxygen atoms in total. The van der Waals surface area contributed by atoms with Crippen LogP contribution in [-0.2, 0) is 38.2 Å². The van der Waals surface area contributed by atoms with Gasteiger partial charge in [-0.05, 0) is 25.7 Å². The quantitative estimate of drug-likeness (QED) is 0.158. The molecule has 0 fully saturated rings. The van der Waals surface area contributed by atoms with Crippen molar-refractivity contribution in [3.05, 3.63) is 0 Å². The monoisotopic (exact) mass is 394 g/mol. The van der Waals surface area contributed by atoms with E-state index in [-0.39, 0.29) is 39.1 Å². The van der Waals surface area contributed by atoms with Crippen molar-refractivity contribution < 1.29 is 38.2 Å². The summed E-state index contributed by atoms with van der Waals surface area (Å²) in [5.74, 6) is -1.66. The van der Waals surface area contributed by atoms with Gasteiger partial charge in [0.15, 0.2) is 12.1 Å². The van der Waals surface area contributed by atoms with E-state index in [4.69, 9.17) is 9.47 Å². The fourth-order valence-electron chi connectivity index (χ4n) is 1.89. The lowest BCUT2D eigenvalue weighted by molar-refractivity contribution is -0.153. The van der Waals surface area contributed by atoms with Crippen LogP contribution in [0.2, 0.25) is 0 Å². The second-order valence-electron chi connectivity index (χ2n) is 5.04. The third-order valence-corrected chi connectivity index (χ3v) is 3.16. The smallest absolute Gasteiger partial charge is 0.331 e. The van der Waals surface area contributed by atoms with Crippen LogP contribution in [0, 0.1) is 0 Å². The fraction of sp³-hybridized carbons (Fsp3) is 0.625. The van der Waals surface area contributed by atoms with E-state index in [9.17, 15) is 28.8 Å². The first-order valence-electron chi connectivity index (χ1n) is 8.15. The summed E-state index contributed by atoms with van der Waals surface area (Å²) in [6, 6.07) is -2.22. The molecule has 0 spiro atoms. The highest BCUT2D eigenvalue weighted by atomic mass is 16.6. The zero-order valence-corrected chi connectivity index (χ0v) is 14.9. The van der Waals surface area contributed by atoms with E-state index < -0.39 is 24.0 Å². The molecule has 0 aromatic heterocycles. The molecule has 0 aromatic rings. The molecule has 0 aromatic carbocycles. The zero-order valence-electron chi connectivity index (χ0n) is 14.9. The fourth-order valence-corrected chi connectivity index (χ4v) is 1.89. The standard InChI is InChI=1S/C16H18N4O8/c21-9-17-5-1-3-13(19-11-23)15(25)27-7-8-28-16(26)14(20-12-24)4-2-6-18-10-22/h13-14H,1-8H2. The zero-order chi connectivity index (χ0) is 21.0. The van der Waals surface area contributed by atoms with E-state index in [1.807, 2.05) is 0 Å². The van der Waals surface area contributed by atoms with Crippen LogP contribution in [0.4, 0.5) is 0 Å². The molecule has 2 atom stereocenters. The molecule has 0 heterocycles. The van der Waals surface area contributed by atoms with Gasteiger partial charge in [0.25, 0.3) is 0 Å². The Morgan fingerprint density at radius 1 is 0.679 bits per heavy atom. The lowest BCUT2D eigenvalue weighted by Crippen LogP contribution is -2.26. The Morgan fingerprint density at radius 2 is 1.07 bits per heavy atom. The van der Waals surface area contributed by atoms with E-state index >= 15 is 0 Å². The molecule has 28 heavy (non-hydrogen) atoms. The van der Waals surface area contributed by atoms with E-state index in [0.29, 0.717) is 12.8 Å². The molecule has 0 saturated carbocycles. The molecule has 0 N–H and O–H groups in total. The van der Waals surface area contributed by atoms with Gasteiger partial charge >= 0.3 is 11.9 Å². The normalized spacial score (nSPS) is 11.3. The first-order chi connectivity index (χ1) is 13.6. The summed E-state index contributed by atoms with van der Waals surface area (Å²) in [5, 5.41) is 0. The minimum atomic E-state index is -1.11. The van der Waals surface area contributed by atoms with Gasteiger partial charge in [0.1, 0.15) is 13.2 Å². The number of hydrogen-bond donors (Lipinski definition) is 0. The molecule has 0 aliphatic rings. The highest BCUT2D eigenvalue weighted by Gasteiger charge is 2.21. The number of ether oxygens (including phenoxy) is 2. The van der Waals surface area contributed by atoms with Crippen molar-refractivity contribution in [3.63, 3.8) is 0 Å². The maximum Gasteiger partial charge on any atom is 0.331 e. The largest absolute Gasteiger partial charge is 0.460 e. The average Bonchev–Trinajstić information content (AvgIpc) is 2.69. The van der Waals surface area contributed by atoms with Gasteiger partial charge in [-0.1, -0.05) is 0 Å². The summed E-state index contributed by atoms with van der Waals surface area (Å²) >= 11 is 0. The number of hydrogen-bond acceptors (Lipinski definition) is 12. The molecule has 0 radical (unpaired) electrons. The topological polar surface area (TPSA) is 170 Å². The third-order valence-electron chi connectivity index (χ3n) is 3.16. The van der Waals surface area contributed by atoms with Crippen molar-refractivity contribution in [2.75, 3.05) is 26.3 Å². The Labute approximate surface area is 159 Å². The highest BCUT2D eigenvalue weighted by molar-refractivity contribution is 5.77. The van der Waals surface area contributed by atoms with Crippen LogP contribution in [0.5, 0.6) is 0 Å². The second-order valence-corrected chi connectivity index (χ2v) is 5.04. The Hall–Kier alpha value is -3.54. The number of esters is 2. The van der Waals surface area contributed by atoms with Crippen molar-refractivity contribution in [2.24, 2.45) is 20.0 Å². The van der Waals surface area contributed by atoms with Crippen molar-refractivity contribution in [1.82, 2.24) is 0 Å². The predicted molar refractivity (Wildman–Crippen MR) is 90.2 cm³/mol. The molecule has 0 rings (SSSR count). The Kier molecular flexibility index (Phi) is 14.8. The summed E-state index contributed by atoms with van der Waals surface area (Å²) in [5.41, 5.74) is 0. The van der Waals surface area contributed by atoms with Crippen molar-refractivity contribution >= 4 is 36.3 Å². The summed E-state index contributed by atoms with van der Waals surface area (Å²) in [6.07, 6.45) is 6.01. The van der Waals surface area contributed by atoms with Gasteiger partial charge in [-0.3, -0.25) is 0 Å². The number of carbonyl (C=O) groups is 2. The second kappa shape index (κ2) is 16.9. The Morgan fingerprint density at radius 3 is 1.39 bits per heavy atom. The molecule has 0 saturated heterocycles. The number of nitrogens with zero attached hydrogens (tertiary/aromatic N) is 4. The van der Waals surface area contributed by atoms with Crippen LogP contribution in [0.25, 0.3) is 0 Å². The molecular formula is C16H18N4O8. The van der Waals surface area contributed by atoms with Gasteiger partial charge in [0, 0.05) is 0 Å². The predicted octanol–water partition coefficient (Wildman–Crippen LogP) is -0.286. The summed E-state index contributed by atoms with van der Waals surface area (Å²) in [4.78, 5) is 77.5. The maximum absolute atomic E-state index is 11.8. The van der Waals surface area contributed by atoms with E-state index in [1.54, 1.807) is 0 Å². The van der Waals surface area contributed by atoms with Crippen LogP contribution in [-0.4, -0.2) is 74.6 Å². The third kappa shape index (κ3) is 11.9. The lowest BCUT2D eigenvalue weighted by Gasteiger charge is -2.12. The molecular weight excluding hydrogens is 376 g/mol. The van der Waals surface area contributed by atoms with E-state index in [2.05, 4.69) is 20.0 Å². The minimum Gasteiger partial charge on any atom is -0.460 e. The molecule has 0 aliphatic heterocycles. The first-order valence-corrected chi connectivity index (χ1v) is 8.15. The summed E-state index contributed by atoms with van der Waals surface area (Å²) < 4.78 is 9.71. The van der Waals surface area contributed by atoms with E-state index in [0.717, 1.165) is 0 Å². The van der Waals surface area contributed by atoms with Crippen LogP contribution in [0.15, 0.2) is 20.0 Å². The summed E-state index contributed by atoms with van der Waals surface area (Å²) in [6.45, 7) is -0.379.